The molecule has 2 rings (SSSR count). The van der Waals surface area contributed by atoms with Gasteiger partial charge in [0.25, 0.3) is 0 Å². The molecule has 1 aromatic heterocycles. The maximum atomic E-state index is 5.96. The lowest BCUT2D eigenvalue weighted by atomic mass is 10.2. The van der Waals surface area contributed by atoms with E-state index in [1.807, 2.05) is 13.0 Å². The second-order valence-corrected chi connectivity index (χ2v) is 4.28. The Morgan fingerprint density at radius 1 is 1.31 bits per heavy atom. The van der Waals surface area contributed by atoms with Crippen LogP contribution in [0.15, 0.2) is 24.4 Å². The van der Waals surface area contributed by atoms with Gasteiger partial charge in [-0.25, -0.2) is 4.68 Å². The first kappa shape index (κ1) is 11.5. The van der Waals surface area contributed by atoms with Crippen LogP contribution in [0.2, 0.25) is 10.0 Å². The smallest absolute Gasteiger partial charge is 0.0664 e. The van der Waals surface area contributed by atoms with Crippen molar-refractivity contribution >= 4 is 23.2 Å². The van der Waals surface area contributed by atoms with Gasteiger partial charge < -0.3 is 5.73 Å². The number of aromatic nitrogens is 2. The summed E-state index contributed by atoms with van der Waals surface area (Å²) in [4.78, 5) is 0. The van der Waals surface area contributed by atoms with Crippen molar-refractivity contribution in [3.8, 4) is 5.69 Å². The number of nitrogens with zero attached hydrogens (tertiary/aromatic N) is 2. The monoisotopic (exact) mass is 255 g/mol. The van der Waals surface area contributed by atoms with E-state index in [0.29, 0.717) is 16.6 Å². The SMILES string of the molecule is Cc1c(CN)cnn1-c1ccc(Cl)c(Cl)c1. The van der Waals surface area contributed by atoms with Crippen molar-refractivity contribution in [1.82, 2.24) is 9.78 Å². The number of nitrogens with two attached hydrogens (primary N) is 1. The highest BCUT2D eigenvalue weighted by Gasteiger charge is 2.08. The fourth-order valence-electron chi connectivity index (χ4n) is 1.52. The molecule has 1 heterocycles. The second-order valence-electron chi connectivity index (χ2n) is 3.47. The van der Waals surface area contributed by atoms with E-state index in [0.717, 1.165) is 16.9 Å². The largest absolute Gasteiger partial charge is 0.326 e. The molecule has 0 unspecified atom stereocenters. The molecule has 84 valence electrons. The van der Waals surface area contributed by atoms with Crippen molar-refractivity contribution in [1.29, 1.82) is 0 Å². The summed E-state index contributed by atoms with van der Waals surface area (Å²) in [6.45, 7) is 2.45. The van der Waals surface area contributed by atoms with Gasteiger partial charge in [0.05, 0.1) is 21.9 Å². The van der Waals surface area contributed by atoms with Crippen LogP contribution in [0.3, 0.4) is 0 Å². The molecular formula is C11H11Cl2N3. The minimum atomic E-state index is 0.479. The minimum absolute atomic E-state index is 0.479. The third-order valence-corrected chi connectivity index (χ3v) is 3.22. The molecule has 0 aliphatic carbocycles. The van der Waals surface area contributed by atoms with Gasteiger partial charge >= 0.3 is 0 Å². The van der Waals surface area contributed by atoms with Gasteiger partial charge in [0.2, 0.25) is 0 Å². The van der Waals surface area contributed by atoms with Gasteiger partial charge in [-0.3, -0.25) is 0 Å². The molecule has 0 fully saturated rings. The number of rotatable bonds is 2. The third-order valence-electron chi connectivity index (χ3n) is 2.48. The zero-order valence-corrected chi connectivity index (χ0v) is 10.3. The molecule has 0 saturated heterocycles. The lowest BCUT2D eigenvalue weighted by Gasteiger charge is -2.06. The molecule has 0 amide bonds. The summed E-state index contributed by atoms with van der Waals surface area (Å²) in [5.41, 5.74) is 8.51. The molecule has 16 heavy (non-hydrogen) atoms. The maximum absolute atomic E-state index is 5.96. The third kappa shape index (κ3) is 1.94. The highest BCUT2D eigenvalue weighted by Crippen LogP contribution is 2.25. The van der Waals surface area contributed by atoms with E-state index < -0.39 is 0 Å². The van der Waals surface area contributed by atoms with E-state index in [9.17, 15) is 0 Å². The number of benzene rings is 1. The zero-order chi connectivity index (χ0) is 11.7. The van der Waals surface area contributed by atoms with E-state index in [1.165, 1.54) is 0 Å². The summed E-state index contributed by atoms with van der Waals surface area (Å²) in [6.07, 6.45) is 1.76. The molecular weight excluding hydrogens is 245 g/mol. The van der Waals surface area contributed by atoms with Gasteiger partial charge in [-0.2, -0.15) is 5.10 Å². The molecule has 0 saturated carbocycles. The lowest BCUT2D eigenvalue weighted by Crippen LogP contribution is -2.01. The van der Waals surface area contributed by atoms with E-state index >= 15 is 0 Å². The van der Waals surface area contributed by atoms with Crippen LogP contribution in [0, 0.1) is 6.92 Å². The van der Waals surface area contributed by atoms with Gasteiger partial charge in [-0.15, -0.1) is 0 Å². The Kier molecular flexibility index (Phi) is 3.19. The van der Waals surface area contributed by atoms with Crippen molar-refractivity contribution in [3.63, 3.8) is 0 Å². The minimum Gasteiger partial charge on any atom is -0.326 e. The van der Waals surface area contributed by atoms with Crippen molar-refractivity contribution < 1.29 is 0 Å². The van der Waals surface area contributed by atoms with Gasteiger partial charge in [0.1, 0.15) is 0 Å². The van der Waals surface area contributed by atoms with Gasteiger partial charge in [0.15, 0.2) is 0 Å². The summed E-state index contributed by atoms with van der Waals surface area (Å²) >= 11 is 11.8. The Balaban J connectivity index is 2.50. The summed E-state index contributed by atoms with van der Waals surface area (Å²) in [7, 11) is 0. The average Bonchev–Trinajstić information content (AvgIpc) is 2.64. The Bertz CT molecular complexity index is 520. The van der Waals surface area contributed by atoms with Gasteiger partial charge in [-0.05, 0) is 25.1 Å². The van der Waals surface area contributed by atoms with Crippen LogP contribution in [-0.4, -0.2) is 9.78 Å². The highest BCUT2D eigenvalue weighted by atomic mass is 35.5. The van der Waals surface area contributed by atoms with Crippen LogP contribution in [0.25, 0.3) is 5.69 Å². The van der Waals surface area contributed by atoms with Crippen molar-refractivity contribution in [2.45, 2.75) is 13.5 Å². The molecule has 0 aliphatic rings. The normalized spacial score (nSPS) is 10.8. The number of hydrogen-bond donors (Lipinski definition) is 1. The molecule has 2 aromatic rings. The first-order valence-corrected chi connectivity index (χ1v) is 5.58. The zero-order valence-electron chi connectivity index (χ0n) is 8.74. The Morgan fingerprint density at radius 3 is 2.62 bits per heavy atom. The predicted octanol–water partition coefficient (Wildman–Crippen LogP) is 2.95. The number of halogens is 2. The Morgan fingerprint density at radius 2 is 2.06 bits per heavy atom. The van der Waals surface area contributed by atoms with E-state index in [-0.39, 0.29) is 0 Å². The molecule has 1 aromatic carbocycles. The number of hydrogen-bond acceptors (Lipinski definition) is 2. The van der Waals surface area contributed by atoms with Crippen LogP contribution in [0.5, 0.6) is 0 Å². The molecule has 0 atom stereocenters. The summed E-state index contributed by atoms with van der Waals surface area (Å²) in [5.74, 6) is 0. The average molecular weight is 256 g/mol. The van der Waals surface area contributed by atoms with E-state index in [2.05, 4.69) is 5.10 Å². The van der Waals surface area contributed by atoms with Crippen molar-refractivity contribution in [2.75, 3.05) is 0 Å². The highest BCUT2D eigenvalue weighted by molar-refractivity contribution is 6.42. The molecule has 0 aliphatic heterocycles. The molecule has 0 radical (unpaired) electrons. The van der Waals surface area contributed by atoms with E-state index in [1.54, 1.807) is 23.0 Å². The predicted molar refractivity (Wildman–Crippen MR) is 66.2 cm³/mol. The van der Waals surface area contributed by atoms with Crippen LogP contribution >= 0.6 is 23.2 Å². The van der Waals surface area contributed by atoms with Crippen LogP contribution in [-0.2, 0) is 6.54 Å². The maximum Gasteiger partial charge on any atom is 0.0664 e. The fraction of sp³-hybridized carbons (Fsp3) is 0.182. The van der Waals surface area contributed by atoms with Crippen molar-refractivity contribution in [2.24, 2.45) is 5.73 Å². The van der Waals surface area contributed by atoms with Crippen LogP contribution in [0.4, 0.5) is 0 Å². The molecule has 0 spiro atoms. The topological polar surface area (TPSA) is 43.8 Å². The lowest BCUT2D eigenvalue weighted by molar-refractivity contribution is 0.843. The molecule has 0 bridgehead atoms. The quantitative estimate of drug-likeness (QED) is 0.897. The second kappa shape index (κ2) is 4.45. The van der Waals surface area contributed by atoms with Crippen LogP contribution in [0.1, 0.15) is 11.3 Å². The molecule has 3 nitrogen and oxygen atoms in total. The molecule has 2 N–H and O–H groups in total. The fourth-order valence-corrected chi connectivity index (χ4v) is 1.81. The van der Waals surface area contributed by atoms with Gasteiger partial charge in [-0.1, -0.05) is 23.2 Å². The van der Waals surface area contributed by atoms with Crippen LogP contribution < -0.4 is 5.73 Å². The summed E-state index contributed by atoms with van der Waals surface area (Å²) < 4.78 is 1.80. The first-order valence-electron chi connectivity index (χ1n) is 4.82. The summed E-state index contributed by atoms with van der Waals surface area (Å²) in [5, 5.41) is 5.32. The van der Waals surface area contributed by atoms with Crippen molar-refractivity contribution in [3.05, 3.63) is 45.7 Å². The standard InChI is InChI=1S/C11H11Cl2N3/c1-7-8(5-14)6-15-16(7)9-2-3-10(12)11(13)4-9/h2-4,6H,5,14H2,1H3. The van der Waals surface area contributed by atoms with E-state index in [4.69, 9.17) is 28.9 Å². The first-order chi connectivity index (χ1) is 7.63. The molecule has 5 heteroatoms. The Labute approximate surface area is 104 Å². The Hall–Kier alpha value is -1.03. The van der Waals surface area contributed by atoms with Gasteiger partial charge in [0, 0.05) is 17.8 Å². The summed E-state index contributed by atoms with van der Waals surface area (Å²) in [6, 6.07) is 5.40.